The van der Waals surface area contributed by atoms with Crippen molar-refractivity contribution in [3.05, 3.63) is 134 Å². The summed E-state index contributed by atoms with van der Waals surface area (Å²) in [6, 6.07) is 24.0. The summed E-state index contributed by atoms with van der Waals surface area (Å²) >= 11 is 0. The number of nitrogens with zero attached hydrogens (tertiary/aromatic N) is 3. The van der Waals surface area contributed by atoms with E-state index in [1.54, 1.807) is 37.5 Å². The second-order valence-corrected chi connectivity index (χ2v) is 11.3. The number of hydrogen-bond acceptors (Lipinski definition) is 5. The first-order chi connectivity index (χ1) is 19.1. The van der Waals surface area contributed by atoms with Gasteiger partial charge in [-0.25, -0.2) is 14.2 Å². The summed E-state index contributed by atoms with van der Waals surface area (Å²) in [5.74, 6) is -0.362. The minimum atomic E-state index is -0.660. The zero-order valence-corrected chi connectivity index (χ0v) is 23.4. The Bertz CT molecular complexity index is 1540. The van der Waals surface area contributed by atoms with E-state index in [1.807, 2.05) is 67.6 Å². The lowest BCUT2D eigenvalue weighted by Crippen LogP contribution is -2.40. The SMILES string of the molecule is Cc1nc2c(c(=O)n1C(c1ccccc1)c1ccccc1)CN(Cc1ccc(C(=O)OC(C)(C)C)cc1F)CC2. The Morgan fingerprint density at radius 3 is 2.20 bits per heavy atom. The third kappa shape index (κ3) is 5.89. The number of benzene rings is 3. The Kier molecular flexibility index (Phi) is 7.68. The van der Waals surface area contributed by atoms with Gasteiger partial charge in [0.25, 0.3) is 5.56 Å². The van der Waals surface area contributed by atoms with Crippen LogP contribution in [0.5, 0.6) is 0 Å². The van der Waals surface area contributed by atoms with E-state index in [4.69, 9.17) is 9.72 Å². The van der Waals surface area contributed by atoms with Crippen molar-refractivity contribution in [1.82, 2.24) is 14.5 Å². The highest BCUT2D eigenvalue weighted by Gasteiger charge is 2.27. The van der Waals surface area contributed by atoms with Crippen molar-refractivity contribution in [3.63, 3.8) is 0 Å². The fourth-order valence-electron chi connectivity index (χ4n) is 5.25. The Balaban J connectivity index is 1.44. The summed E-state index contributed by atoms with van der Waals surface area (Å²) in [7, 11) is 0. The van der Waals surface area contributed by atoms with Crippen LogP contribution in [0.15, 0.2) is 83.7 Å². The Morgan fingerprint density at radius 1 is 1.00 bits per heavy atom. The Morgan fingerprint density at radius 2 is 1.62 bits per heavy atom. The van der Waals surface area contributed by atoms with E-state index < -0.39 is 17.4 Å². The maximum atomic E-state index is 15.1. The summed E-state index contributed by atoms with van der Waals surface area (Å²) in [5.41, 5.74) is 3.34. The monoisotopic (exact) mass is 539 g/mol. The molecule has 1 aliphatic heterocycles. The maximum absolute atomic E-state index is 15.1. The number of halogens is 1. The van der Waals surface area contributed by atoms with Gasteiger partial charge >= 0.3 is 5.97 Å². The summed E-state index contributed by atoms with van der Waals surface area (Å²) in [6.45, 7) is 8.53. The molecule has 6 nitrogen and oxygen atoms in total. The summed E-state index contributed by atoms with van der Waals surface area (Å²) in [5, 5.41) is 0. The fraction of sp³-hybridized carbons (Fsp3) is 0.303. The lowest BCUT2D eigenvalue weighted by Gasteiger charge is -2.30. The van der Waals surface area contributed by atoms with Crippen molar-refractivity contribution >= 4 is 5.97 Å². The van der Waals surface area contributed by atoms with E-state index in [0.29, 0.717) is 43.0 Å². The molecule has 0 radical (unpaired) electrons. The zero-order chi connectivity index (χ0) is 28.4. The molecule has 0 unspecified atom stereocenters. The van der Waals surface area contributed by atoms with Crippen LogP contribution < -0.4 is 5.56 Å². The van der Waals surface area contributed by atoms with Crippen LogP contribution in [-0.4, -0.2) is 32.6 Å². The minimum Gasteiger partial charge on any atom is -0.456 e. The second kappa shape index (κ2) is 11.2. The van der Waals surface area contributed by atoms with Crippen molar-refractivity contribution in [2.75, 3.05) is 6.54 Å². The third-order valence-corrected chi connectivity index (χ3v) is 7.09. The van der Waals surface area contributed by atoms with Crippen molar-refractivity contribution in [1.29, 1.82) is 0 Å². The van der Waals surface area contributed by atoms with Crippen LogP contribution in [0.4, 0.5) is 4.39 Å². The summed E-state index contributed by atoms with van der Waals surface area (Å²) < 4.78 is 22.2. The number of esters is 1. The quantitative estimate of drug-likeness (QED) is 0.288. The van der Waals surface area contributed by atoms with Gasteiger partial charge in [0.05, 0.1) is 22.9 Å². The third-order valence-electron chi connectivity index (χ3n) is 7.09. The average molecular weight is 540 g/mol. The number of rotatable bonds is 6. The van der Waals surface area contributed by atoms with E-state index in [2.05, 4.69) is 4.90 Å². The summed E-state index contributed by atoms with van der Waals surface area (Å²) in [6.07, 6.45) is 0.602. The topological polar surface area (TPSA) is 64.4 Å². The van der Waals surface area contributed by atoms with Crippen LogP contribution in [0.1, 0.15) is 70.9 Å². The van der Waals surface area contributed by atoms with Crippen LogP contribution in [0.25, 0.3) is 0 Å². The van der Waals surface area contributed by atoms with Crippen LogP contribution >= 0.6 is 0 Å². The van der Waals surface area contributed by atoms with E-state index >= 15 is 4.39 Å². The normalized spacial score (nSPS) is 13.8. The Labute approximate surface area is 234 Å². The second-order valence-electron chi connectivity index (χ2n) is 11.3. The number of carbonyl (C=O) groups excluding carboxylic acids is 1. The molecule has 0 bridgehead atoms. The molecule has 2 heterocycles. The molecule has 0 atom stereocenters. The zero-order valence-electron chi connectivity index (χ0n) is 23.4. The van der Waals surface area contributed by atoms with Gasteiger partial charge < -0.3 is 4.74 Å². The van der Waals surface area contributed by atoms with Gasteiger partial charge in [-0.3, -0.25) is 14.3 Å². The highest BCUT2D eigenvalue weighted by Crippen LogP contribution is 2.28. The molecule has 0 fully saturated rings. The van der Waals surface area contributed by atoms with Crippen molar-refractivity contribution in [2.45, 2.75) is 58.8 Å². The molecule has 4 aromatic rings. The van der Waals surface area contributed by atoms with Gasteiger partial charge in [-0.2, -0.15) is 0 Å². The molecule has 0 aliphatic carbocycles. The van der Waals surface area contributed by atoms with Crippen LogP contribution in [0.3, 0.4) is 0 Å². The molecule has 0 spiro atoms. The van der Waals surface area contributed by atoms with Gasteiger partial charge in [0.15, 0.2) is 0 Å². The predicted octanol–water partition coefficient (Wildman–Crippen LogP) is 5.84. The molecule has 7 heteroatoms. The van der Waals surface area contributed by atoms with E-state index in [0.717, 1.165) is 16.8 Å². The lowest BCUT2D eigenvalue weighted by atomic mass is 9.97. The van der Waals surface area contributed by atoms with Crippen molar-refractivity contribution in [3.8, 4) is 0 Å². The van der Waals surface area contributed by atoms with Gasteiger partial charge in [-0.05, 0) is 51.0 Å². The van der Waals surface area contributed by atoms with E-state index in [-0.39, 0.29) is 17.2 Å². The first-order valence-electron chi connectivity index (χ1n) is 13.6. The largest absolute Gasteiger partial charge is 0.456 e. The number of aryl methyl sites for hydroxylation is 1. The lowest BCUT2D eigenvalue weighted by molar-refractivity contribution is 0.00689. The van der Waals surface area contributed by atoms with Gasteiger partial charge in [-0.15, -0.1) is 0 Å². The standard InChI is InChI=1S/C33H34FN3O3/c1-22-35-29-17-18-36(20-26-16-15-25(19-28(26)34)32(39)40-33(2,3)4)21-27(29)31(38)37(22)30(23-11-7-5-8-12-23)24-13-9-6-10-14-24/h5-16,19,30H,17-18,20-21H2,1-4H3. The number of fused-ring (bicyclic) bond motifs is 1. The molecule has 0 N–H and O–H groups in total. The molecule has 3 aromatic carbocycles. The highest BCUT2D eigenvalue weighted by atomic mass is 19.1. The maximum Gasteiger partial charge on any atom is 0.338 e. The highest BCUT2D eigenvalue weighted by molar-refractivity contribution is 5.89. The van der Waals surface area contributed by atoms with Gasteiger partial charge in [0.1, 0.15) is 17.2 Å². The van der Waals surface area contributed by atoms with Gasteiger partial charge in [-0.1, -0.05) is 66.7 Å². The molecule has 0 amide bonds. The molecule has 206 valence electrons. The molecule has 0 saturated carbocycles. The number of aromatic nitrogens is 2. The first-order valence-corrected chi connectivity index (χ1v) is 13.6. The van der Waals surface area contributed by atoms with Crippen molar-refractivity contribution in [2.24, 2.45) is 0 Å². The molecule has 5 rings (SSSR count). The fourth-order valence-corrected chi connectivity index (χ4v) is 5.25. The number of carbonyl (C=O) groups is 1. The number of hydrogen-bond donors (Lipinski definition) is 0. The average Bonchev–Trinajstić information content (AvgIpc) is 2.92. The van der Waals surface area contributed by atoms with E-state index in [9.17, 15) is 9.59 Å². The smallest absolute Gasteiger partial charge is 0.338 e. The van der Waals surface area contributed by atoms with Crippen molar-refractivity contribution < 1.29 is 13.9 Å². The van der Waals surface area contributed by atoms with E-state index in [1.165, 1.54) is 6.07 Å². The summed E-state index contributed by atoms with van der Waals surface area (Å²) in [4.78, 5) is 33.4. The molecule has 40 heavy (non-hydrogen) atoms. The number of ether oxygens (including phenoxy) is 1. The molecule has 1 aromatic heterocycles. The van der Waals surface area contributed by atoms with Crippen LogP contribution in [0.2, 0.25) is 0 Å². The molecular weight excluding hydrogens is 505 g/mol. The minimum absolute atomic E-state index is 0.0781. The van der Waals surface area contributed by atoms with Crippen LogP contribution in [-0.2, 0) is 24.2 Å². The Hall–Kier alpha value is -4.10. The van der Waals surface area contributed by atoms with Gasteiger partial charge in [0, 0.05) is 31.6 Å². The predicted molar refractivity (Wildman–Crippen MR) is 153 cm³/mol. The van der Waals surface area contributed by atoms with Crippen LogP contribution in [0, 0.1) is 12.7 Å². The first kappa shape index (κ1) is 27.5. The molecular formula is C33H34FN3O3. The molecule has 0 saturated heterocycles. The molecule has 1 aliphatic rings. The van der Waals surface area contributed by atoms with Gasteiger partial charge in [0.2, 0.25) is 0 Å².